The summed E-state index contributed by atoms with van der Waals surface area (Å²) >= 11 is 0. The van der Waals surface area contributed by atoms with Crippen molar-refractivity contribution < 1.29 is 33.9 Å². The minimum Gasteiger partial charge on any atom is -0.390 e. The van der Waals surface area contributed by atoms with Crippen LogP contribution in [-0.2, 0) is 27.3 Å². The summed E-state index contributed by atoms with van der Waals surface area (Å²) in [7, 11) is 0. The molecule has 16 heteroatoms. The number of nitrogens with one attached hydrogen (secondary N) is 4. The third kappa shape index (κ3) is 8.65. The van der Waals surface area contributed by atoms with Gasteiger partial charge in [0.2, 0.25) is 17.7 Å². The van der Waals surface area contributed by atoms with Crippen LogP contribution in [0.5, 0.6) is 0 Å². The van der Waals surface area contributed by atoms with Gasteiger partial charge in [0, 0.05) is 70.4 Å². The van der Waals surface area contributed by atoms with E-state index in [-0.39, 0.29) is 48.2 Å². The van der Waals surface area contributed by atoms with Crippen molar-refractivity contribution in [3.63, 3.8) is 0 Å². The summed E-state index contributed by atoms with van der Waals surface area (Å²) in [5, 5.41) is 22.1. The Morgan fingerprint density at radius 1 is 0.945 bits per heavy atom. The van der Waals surface area contributed by atoms with Crippen LogP contribution >= 0.6 is 0 Å². The minimum atomic E-state index is -1.02. The Morgan fingerprint density at radius 2 is 1.76 bits per heavy atom. The molecule has 2 fully saturated rings. The Kier molecular flexibility index (Phi) is 11.4. The number of piperidine rings is 1. The first-order valence-electron chi connectivity index (χ1n) is 18.8. The van der Waals surface area contributed by atoms with E-state index < -0.39 is 41.7 Å². The van der Waals surface area contributed by atoms with E-state index in [4.69, 9.17) is 0 Å². The molecule has 5 heterocycles. The molecule has 0 aliphatic carbocycles. The van der Waals surface area contributed by atoms with Crippen LogP contribution in [0.15, 0.2) is 54.9 Å². The summed E-state index contributed by atoms with van der Waals surface area (Å²) in [6.07, 6.45) is 4.27. The maximum atomic E-state index is 13.3. The summed E-state index contributed by atoms with van der Waals surface area (Å²) in [5.74, 6) is -2.04. The zero-order valence-electron chi connectivity index (χ0n) is 30.5. The molecule has 0 spiro atoms. The maximum Gasteiger partial charge on any atom is 0.270 e. The number of anilines is 2. The van der Waals surface area contributed by atoms with Gasteiger partial charge in [0.1, 0.15) is 23.9 Å². The summed E-state index contributed by atoms with van der Waals surface area (Å²) < 4.78 is 0. The summed E-state index contributed by atoms with van der Waals surface area (Å²) in [4.78, 5) is 89.1. The molecule has 2 atom stereocenters. The van der Waals surface area contributed by atoms with Crippen LogP contribution in [0, 0.1) is 0 Å². The molecule has 2 saturated heterocycles. The van der Waals surface area contributed by atoms with Gasteiger partial charge >= 0.3 is 0 Å². The number of fused-ring (bicyclic) bond motifs is 2. The Bertz CT molecular complexity index is 1980. The van der Waals surface area contributed by atoms with Crippen molar-refractivity contribution in [1.29, 1.82) is 0 Å². The van der Waals surface area contributed by atoms with Crippen LogP contribution in [0.3, 0.4) is 0 Å². The molecular weight excluding hydrogens is 706 g/mol. The van der Waals surface area contributed by atoms with Crippen molar-refractivity contribution in [3.05, 3.63) is 82.8 Å². The van der Waals surface area contributed by atoms with Gasteiger partial charge in [0.15, 0.2) is 0 Å². The first-order valence-corrected chi connectivity index (χ1v) is 18.8. The maximum absolute atomic E-state index is 13.3. The van der Waals surface area contributed by atoms with Crippen LogP contribution in [0.25, 0.3) is 0 Å². The lowest BCUT2D eigenvalue weighted by Gasteiger charge is -2.40. The molecule has 4 aliphatic heterocycles. The molecule has 3 aromatic rings. The van der Waals surface area contributed by atoms with Gasteiger partial charge < -0.3 is 26.0 Å². The van der Waals surface area contributed by atoms with E-state index in [1.54, 1.807) is 29.2 Å². The number of carbonyl (C=O) groups is 6. The lowest BCUT2D eigenvalue weighted by Crippen LogP contribution is -2.57. The van der Waals surface area contributed by atoms with Gasteiger partial charge in [-0.2, -0.15) is 0 Å². The average molecular weight is 752 g/mol. The van der Waals surface area contributed by atoms with Crippen LogP contribution in [0.2, 0.25) is 0 Å². The lowest BCUT2D eigenvalue weighted by atomic mass is 10.00. The van der Waals surface area contributed by atoms with Gasteiger partial charge in [-0.15, -0.1) is 0 Å². The topological polar surface area (TPSA) is 206 Å². The van der Waals surface area contributed by atoms with E-state index in [2.05, 4.69) is 48.3 Å². The van der Waals surface area contributed by atoms with E-state index in [1.807, 2.05) is 12.1 Å². The summed E-state index contributed by atoms with van der Waals surface area (Å²) in [6, 6.07) is 13.8. The third-order valence-corrected chi connectivity index (χ3v) is 10.5. The highest BCUT2D eigenvalue weighted by Crippen LogP contribution is 2.32. The van der Waals surface area contributed by atoms with Gasteiger partial charge in [-0.25, -0.2) is 9.97 Å². The number of imide groups is 2. The molecule has 1 aromatic heterocycles. The number of rotatable bonds is 15. The lowest BCUT2D eigenvalue weighted by molar-refractivity contribution is -0.136. The molecule has 16 nitrogen and oxygen atoms in total. The number of aliphatic hydroxyl groups excluding tert-OH is 1. The smallest absolute Gasteiger partial charge is 0.270 e. The van der Waals surface area contributed by atoms with Gasteiger partial charge in [0.25, 0.3) is 17.7 Å². The standard InChI is InChI=1S/C39H45N9O7/c49-27(22-46-16-14-24-7-3-4-8-25(24)19-46)18-41-36(52)30-17-32(43-23-42-30)44-26-20-47(21-26)34(51)11-2-1-5-15-40-29-10-6-9-28-35(29)39(55)48(38(28)54)31-12-13-33(50)45-37(31)53/h3-4,6-10,17,23,26-27,31,40,49H,1-2,5,11-16,18-22H2,(H,41,52)(H,42,43,44)(H,45,50,53)/t27-,31?/m0/s1. The van der Waals surface area contributed by atoms with Crippen molar-refractivity contribution in [2.75, 3.05) is 49.9 Å². The van der Waals surface area contributed by atoms with Gasteiger partial charge in [-0.1, -0.05) is 36.8 Å². The quantitative estimate of drug-likeness (QED) is 0.110. The largest absolute Gasteiger partial charge is 0.390 e. The SMILES string of the molecule is O=C1CCC(N2C(=O)c3cccc(NCCCCCC(=O)N4CC(Nc5cc(C(=O)NC[C@H](O)CN6CCc7ccccc7C6)ncn5)C4)c3C2=O)C(=O)N1. The van der Waals surface area contributed by atoms with Gasteiger partial charge in [-0.05, 0) is 48.9 Å². The number of aliphatic hydroxyl groups is 1. The Labute approximate surface area is 318 Å². The molecular formula is C39H45N9O7. The molecule has 288 valence electrons. The average Bonchev–Trinajstić information content (AvgIpc) is 3.42. The van der Waals surface area contributed by atoms with E-state index >= 15 is 0 Å². The normalized spacial score (nSPS) is 19.0. The molecule has 1 unspecified atom stereocenters. The summed E-state index contributed by atoms with van der Waals surface area (Å²) in [5.41, 5.74) is 3.74. The molecule has 5 N–H and O–H groups in total. The Morgan fingerprint density at radius 3 is 2.58 bits per heavy atom. The second-order valence-electron chi connectivity index (χ2n) is 14.5. The number of nitrogens with zero attached hydrogens (tertiary/aromatic N) is 5. The number of carbonyl (C=O) groups excluding carboxylic acids is 6. The molecule has 0 bridgehead atoms. The zero-order valence-corrected chi connectivity index (χ0v) is 30.5. The van der Waals surface area contributed by atoms with Crippen molar-refractivity contribution in [2.45, 2.75) is 69.7 Å². The highest BCUT2D eigenvalue weighted by Gasteiger charge is 2.45. The zero-order chi connectivity index (χ0) is 38.5. The first-order chi connectivity index (χ1) is 26.6. The van der Waals surface area contributed by atoms with Crippen LogP contribution < -0.4 is 21.3 Å². The minimum absolute atomic E-state index is 0.0106. The predicted octanol–water partition coefficient (Wildman–Crippen LogP) is 1.32. The number of amides is 6. The molecule has 0 saturated carbocycles. The van der Waals surface area contributed by atoms with Gasteiger partial charge in [0.05, 0.1) is 23.3 Å². The third-order valence-electron chi connectivity index (χ3n) is 10.5. The van der Waals surface area contributed by atoms with Crippen molar-refractivity contribution in [1.82, 2.24) is 35.3 Å². The highest BCUT2D eigenvalue weighted by molar-refractivity contribution is 6.25. The Balaban J connectivity index is 0.778. The monoisotopic (exact) mass is 751 g/mol. The van der Waals surface area contributed by atoms with E-state index in [9.17, 15) is 33.9 Å². The Hall–Kier alpha value is -5.74. The van der Waals surface area contributed by atoms with E-state index in [0.29, 0.717) is 50.5 Å². The molecule has 7 rings (SSSR count). The first kappa shape index (κ1) is 37.6. The molecule has 2 aromatic carbocycles. The number of β-amino-alcohol motifs (C(OH)–C–C–N with tert-alkyl or cyclic N) is 1. The number of unbranched alkanes of at least 4 members (excludes halogenated alkanes) is 2. The van der Waals surface area contributed by atoms with Crippen LogP contribution in [-0.4, -0.2) is 123 Å². The fraction of sp³-hybridized carbons (Fsp3) is 0.436. The summed E-state index contributed by atoms with van der Waals surface area (Å²) in [6.45, 7) is 3.74. The number of aromatic nitrogens is 2. The molecule has 4 aliphatic rings. The number of benzene rings is 2. The number of likely N-dealkylation sites (tertiary alicyclic amines) is 1. The van der Waals surface area contributed by atoms with E-state index in [1.165, 1.54) is 17.5 Å². The van der Waals surface area contributed by atoms with E-state index in [0.717, 1.165) is 37.3 Å². The van der Waals surface area contributed by atoms with Crippen molar-refractivity contribution in [3.8, 4) is 0 Å². The second-order valence-corrected chi connectivity index (χ2v) is 14.5. The van der Waals surface area contributed by atoms with Crippen LogP contribution in [0.1, 0.15) is 80.9 Å². The van der Waals surface area contributed by atoms with Crippen molar-refractivity contribution in [2.24, 2.45) is 0 Å². The predicted molar refractivity (Wildman–Crippen MR) is 200 cm³/mol. The number of hydrogen-bond donors (Lipinski definition) is 5. The van der Waals surface area contributed by atoms with Gasteiger partial charge in [-0.3, -0.25) is 43.9 Å². The van der Waals surface area contributed by atoms with Crippen molar-refractivity contribution >= 4 is 46.9 Å². The fourth-order valence-electron chi connectivity index (χ4n) is 7.54. The van der Waals surface area contributed by atoms with Crippen LogP contribution in [0.4, 0.5) is 11.5 Å². The molecule has 55 heavy (non-hydrogen) atoms. The second kappa shape index (κ2) is 16.7. The highest BCUT2D eigenvalue weighted by atomic mass is 16.3. The molecule has 0 radical (unpaired) electrons. The number of hydrogen-bond acceptors (Lipinski definition) is 12. The molecule has 6 amide bonds. The fourth-order valence-corrected chi connectivity index (χ4v) is 7.54.